The van der Waals surface area contributed by atoms with Crippen LogP contribution in [-0.4, -0.2) is 17.3 Å². The van der Waals surface area contributed by atoms with Gasteiger partial charge in [-0.1, -0.05) is 35.0 Å². The Morgan fingerprint density at radius 1 is 1.47 bits per heavy atom. The number of alkyl halides is 1. The van der Waals surface area contributed by atoms with E-state index in [9.17, 15) is 4.79 Å². The predicted octanol–water partition coefficient (Wildman–Crippen LogP) is 3.70. The maximum absolute atomic E-state index is 12.2. The van der Waals surface area contributed by atoms with E-state index >= 15 is 0 Å². The number of fused-ring (bicyclic) bond motifs is 1. The molecule has 3 heteroatoms. The Kier molecular flexibility index (Phi) is 3.66. The fourth-order valence-corrected chi connectivity index (χ4v) is 3.14. The molecule has 1 fully saturated rings. The van der Waals surface area contributed by atoms with E-state index in [4.69, 9.17) is 0 Å². The lowest BCUT2D eigenvalue weighted by Crippen LogP contribution is -2.30. The Labute approximate surface area is 123 Å². The van der Waals surface area contributed by atoms with Crippen molar-refractivity contribution in [1.82, 2.24) is 0 Å². The standard InChI is InChI=1S/C16H20BrNO/c1-2-14(17)10-11-3-6-15-13(9-11)7-8-18(15)16(19)12-4-5-12/h3,6,9,12,14H,2,4-5,7-8,10H2,1H3. The van der Waals surface area contributed by atoms with Gasteiger partial charge in [0.15, 0.2) is 0 Å². The van der Waals surface area contributed by atoms with Crippen molar-refractivity contribution in [2.24, 2.45) is 5.92 Å². The molecule has 3 rings (SSSR count). The lowest BCUT2D eigenvalue weighted by molar-refractivity contribution is -0.119. The van der Waals surface area contributed by atoms with Crippen LogP contribution in [0.5, 0.6) is 0 Å². The monoisotopic (exact) mass is 321 g/mol. The molecule has 1 saturated carbocycles. The van der Waals surface area contributed by atoms with Gasteiger partial charge in [0.1, 0.15) is 0 Å². The molecule has 1 aromatic rings. The van der Waals surface area contributed by atoms with E-state index in [1.165, 1.54) is 11.1 Å². The van der Waals surface area contributed by atoms with Gasteiger partial charge in [-0.2, -0.15) is 0 Å². The molecule has 19 heavy (non-hydrogen) atoms. The third kappa shape index (κ3) is 2.71. The van der Waals surface area contributed by atoms with Crippen LogP contribution in [0.2, 0.25) is 0 Å². The molecule has 0 spiro atoms. The highest BCUT2D eigenvalue weighted by Crippen LogP contribution is 2.36. The molecule has 1 heterocycles. The average molecular weight is 322 g/mol. The normalized spacial score (nSPS) is 19.4. The minimum absolute atomic E-state index is 0.317. The Bertz CT molecular complexity index is 496. The van der Waals surface area contributed by atoms with E-state index in [1.54, 1.807) is 0 Å². The summed E-state index contributed by atoms with van der Waals surface area (Å²) in [5.74, 6) is 0.663. The number of carbonyl (C=O) groups excluding carboxylic acids is 1. The number of hydrogen-bond acceptors (Lipinski definition) is 1. The molecular weight excluding hydrogens is 302 g/mol. The molecule has 0 N–H and O–H groups in total. The predicted molar refractivity (Wildman–Crippen MR) is 81.9 cm³/mol. The summed E-state index contributed by atoms with van der Waals surface area (Å²) in [7, 11) is 0. The summed E-state index contributed by atoms with van der Waals surface area (Å²) in [6.07, 6.45) is 5.40. The summed E-state index contributed by atoms with van der Waals surface area (Å²) in [4.78, 5) is 14.8. The first-order valence-corrected chi connectivity index (χ1v) is 8.18. The summed E-state index contributed by atoms with van der Waals surface area (Å²) in [6, 6.07) is 6.62. The van der Waals surface area contributed by atoms with E-state index in [-0.39, 0.29) is 0 Å². The van der Waals surface area contributed by atoms with E-state index in [2.05, 4.69) is 41.1 Å². The van der Waals surface area contributed by atoms with Crippen molar-refractivity contribution < 1.29 is 4.79 Å². The molecule has 1 amide bonds. The second-order valence-electron chi connectivity index (χ2n) is 5.69. The van der Waals surface area contributed by atoms with Crippen LogP contribution in [0.4, 0.5) is 5.69 Å². The lowest BCUT2D eigenvalue weighted by Gasteiger charge is -2.17. The van der Waals surface area contributed by atoms with Gasteiger partial charge < -0.3 is 4.90 Å². The van der Waals surface area contributed by atoms with Gasteiger partial charge in [-0.05, 0) is 49.3 Å². The third-order valence-electron chi connectivity index (χ3n) is 4.13. The van der Waals surface area contributed by atoms with Gasteiger partial charge in [0.25, 0.3) is 0 Å². The van der Waals surface area contributed by atoms with Gasteiger partial charge in [-0.15, -0.1) is 0 Å². The first-order chi connectivity index (χ1) is 9.19. The Morgan fingerprint density at radius 2 is 2.26 bits per heavy atom. The van der Waals surface area contributed by atoms with Gasteiger partial charge in [-0.3, -0.25) is 4.79 Å². The molecule has 1 aromatic carbocycles. The van der Waals surface area contributed by atoms with E-state index in [0.29, 0.717) is 16.7 Å². The van der Waals surface area contributed by atoms with Crippen LogP contribution in [0, 0.1) is 5.92 Å². The smallest absolute Gasteiger partial charge is 0.230 e. The van der Waals surface area contributed by atoms with Crippen molar-refractivity contribution >= 4 is 27.5 Å². The zero-order valence-electron chi connectivity index (χ0n) is 11.4. The van der Waals surface area contributed by atoms with Gasteiger partial charge in [0, 0.05) is 23.0 Å². The van der Waals surface area contributed by atoms with Gasteiger partial charge in [0.05, 0.1) is 0 Å². The minimum Gasteiger partial charge on any atom is -0.312 e. The number of benzene rings is 1. The quantitative estimate of drug-likeness (QED) is 0.774. The molecule has 0 bridgehead atoms. The molecule has 2 aliphatic rings. The molecule has 0 saturated heterocycles. The zero-order chi connectivity index (χ0) is 13.4. The summed E-state index contributed by atoms with van der Waals surface area (Å²) < 4.78 is 0. The molecule has 0 aromatic heterocycles. The summed E-state index contributed by atoms with van der Waals surface area (Å²) in [6.45, 7) is 3.07. The van der Waals surface area contributed by atoms with Crippen molar-refractivity contribution in [3.63, 3.8) is 0 Å². The van der Waals surface area contributed by atoms with Crippen LogP contribution < -0.4 is 4.90 Å². The molecule has 2 nitrogen and oxygen atoms in total. The van der Waals surface area contributed by atoms with Crippen LogP contribution >= 0.6 is 15.9 Å². The Hall–Kier alpha value is -0.830. The number of rotatable bonds is 4. The van der Waals surface area contributed by atoms with Crippen LogP contribution in [0.25, 0.3) is 0 Å². The fraction of sp³-hybridized carbons (Fsp3) is 0.562. The SMILES string of the molecule is CCC(Br)Cc1ccc2c(c1)CCN2C(=O)C1CC1. The van der Waals surface area contributed by atoms with Crippen molar-refractivity contribution in [3.8, 4) is 0 Å². The van der Waals surface area contributed by atoms with Crippen molar-refractivity contribution in [3.05, 3.63) is 29.3 Å². The molecule has 1 atom stereocenters. The first kappa shape index (κ1) is 13.2. The van der Waals surface area contributed by atoms with Gasteiger partial charge >= 0.3 is 0 Å². The number of hydrogen-bond donors (Lipinski definition) is 0. The largest absolute Gasteiger partial charge is 0.312 e. The molecule has 1 unspecified atom stereocenters. The summed E-state index contributed by atoms with van der Waals surface area (Å²) in [5, 5.41) is 0. The second-order valence-corrected chi connectivity index (χ2v) is 6.98. The molecule has 0 radical (unpaired) electrons. The van der Waals surface area contributed by atoms with Crippen LogP contribution in [0.1, 0.15) is 37.3 Å². The highest BCUT2D eigenvalue weighted by Gasteiger charge is 2.36. The van der Waals surface area contributed by atoms with Crippen LogP contribution in [-0.2, 0) is 17.6 Å². The van der Waals surface area contributed by atoms with Gasteiger partial charge in [0.2, 0.25) is 5.91 Å². The minimum atomic E-state index is 0.317. The number of anilines is 1. The molecule has 102 valence electrons. The van der Waals surface area contributed by atoms with E-state index in [0.717, 1.165) is 44.3 Å². The Morgan fingerprint density at radius 3 is 2.95 bits per heavy atom. The number of nitrogens with zero attached hydrogens (tertiary/aromatic N) is 1. The number of carbonyl (C=O) groups is 1. The second kappa shape index (κ2) is 5.28. The summed E-state index contributed by atoms with van der Waals surface area (Å²) >= 11 is 3.69. The van der Waals surface area contributed by atoms with Gasteiger partial charge in [-0.25, -0.2) is 0 Å². The Balaban J connectivity index is 1.77. The van der Waals surface area contributed by atoms with Crippen molar-refractivity contribution in [1.29, 1.82) is 0 Å². The number of amides is 1. The maximum Gasteiger partial charge on any atom is 0.230 e. The molecule has 1 aliphatic carbocycles. The van der Waals surface area contributed by atoms with Crippen molar-refractivity contribution in [2.75, 3.05) is 11.4 Å². The molecular formula is C16H20BrNO. The highest BCUT2D eigenvalue weighted by molar-refractivity contribution is 9.09. The number of halogens is 1. The summed E-state index contributed by atoms with van der Waals surface area (Å²) in [5.41, 5.74) is 3.88. The van der Waals surface area contributed by atoms with Crippen LogP contribution in [0.3, 0.4) is 0 Å². The van der Waals surface area contributed by atoms with E-state index in [1.807, 2.05) is 4.90 Å². The highest BCUT2D eigenvalue weighted by atomic mass is 79.9. The van der Waals surface area contributed by atoms with E-state index < -0.39 is 0 Å². The maximum atomic E-state index is 12.2. The van der Waals surface area contributed by atoms with Crippen LogP contribution in [0.15, 0.2) is 18.2 Å². The third-order valence-corrected chi connectivity index (χ3v) is 5.10. The molecule has 1 aliphatic heterocycles. The topological polar surface area (TPSA) is 20.3 Å². The first-order valence-electron chi connectivity index (χ1n) is 7.26. The fourth-order valence-electron chi connectivity index (χ4n) is 2.76. The van der Waals surface area contributed by atoms with Crippen molar-refractivity contribution in [2.45, 2.75) is 43.9 Å². The lowest BCUT2D eigenvalue weighted by atomic mass is 10.0. The average Bonchev–Trinajstić information content (AvgIpc) is 3.18. The zero-order valence-corrected chi connectivity index (χ0v) is 12.9.